The summed E-state index contributed by atoms with van der Waals surface area (Å²) in [5.41, 5.74) is 1.43. The summed E-state index contributed by atoms with van der Waals surface area (Å²) in [5.74, 6) is 2.37. The maximum absolute atomic E-state index is 12.9. The van der Waals surface area contributed by atoms with Crippen LogP contribution in [0.15, 0.2) is 51.9 Å². The van der Waals surface area contributed by atoms with Crippen LogP contribution in [0.2, 0.25) is 0 Å². The number of methoxy groups -OCH3 is 2. The number of rotatable bonds is 6. The van der Waals surface area contributed by atoms with Crippen LogP contribution in [0.5, 0.6) is 11.5 Å². The van der Waals surface area contributed by atoms with Gasteiger partial charge < -0.3 is 14.4 Å². The van der Waals surface area contributed by atoms with E-state index in [9.17, 15) is 4.79 Å². The van der Waals surface area contributed by atoms with Crippen LogP contribution in [-0.4, -0.2) is 44.0 Å². The van der Waals surface area contributed by atoms with Gasteiger partial charge in [0.1, 0.15) is 11.5 Å². The molecule has 0 unspecified atom stereocenters. The van der Waals surface area contributed by atoms with Crippen molar-refractivity contribution in [3.8, 4) is 11.5 Å². The van der Waals surface area contributed by atoms with Gasteiger partial charge in [-0.3, -0.25) is 9.79 Å². The molecule has 28 heavy (non-hydrogen) atoms. The lowest BCUT2D eigenvalue weighted by atomic mass is 10.1. The number of ketones is 1. The van der Waals surface area contributed by atoms with Crippen LogP contribution >= 0.6 is 44.7 Å². The Morgan fingerprint density at radius 1 is 1.18 bits per heavy atom. The summed E-state index contributed by atoms with van der Waals surface area (Å²) >= 11 is 5.06. The molecule has 1 aliphatic rings. The molecular formula is C20H22Br2N2O3S. The fourth-order valence-corrected chi connectivity index (χ4v) is 3.97. The first kappa shape index (κ1) is 22.8. The van der Waals surface area contributed by atoms with Crippen molar-refractivity contribution in [1.82, 2.24) is 0 Å². The second-order valence-electron chi connectivity index (χ2n) is 5.92. The van der Waals surface area contributed by atoms with E-state index in [4.69, 9.17) is 9.47 Å². The van der Waals surface area contributed by atoms with E-state index < -0.39 is 0 Å². The van der Waals surface area contributed by atoms with E-state index in [2.05, 4.69) is 20.9 Å². The van der Waals surface area contributed by atoms with Crippen molar-refractivity contribution >= 4 is 61.3 Å². The largest absolute Gasteiger partial charge is 0.497 e. The molecule has 1 aliphatic heterocycles. The van der Waals surface area contributed by atoms with Gasteiger partial charge in [-0.05, 0) is 30.7 Å². The third kappa shape index (κ3) is 5.52. The van der Waals surface area contributed by atoms with E-state index >= 15 is 0 Å². The first-order valence-corrected chi connectivity index (χ1v) is 10.4. The summed E-state index contributed by atoms with van der Waals surface area (Å²) in [6, 6.07) is 13.0. The molecule has 0 N–H and O–H groups in total. The van der Waals surface area contributed by atoms with Gasteiger partial charge in [-0.1, -0.05) is 39.8 Å². The number of ether oxygens (including phenoxy) is 2. The monoisotopic (exact) mass is 528 g/mol. The number of amidine groups is 1. The average molecular weight is 530 g/mol. The Kier molecular flexibility index (Phi) is 8.85. The predicted molar refractivity (Wildman–Crippen MR) is 125 cm³/mol. The Morgan fingerprint density at radius 3 is 2.54 bits per heavy atom. The Balaban J connectivity index is 0.00000280. The third-order valence-corrected chi connectivity index (χ3v) is 5.79. The Bertz CT molecular complexity index is 844. The first-order chi connectivity index (χ1) is 13.1. The lowest BCUT2D eigenvalue weighted by Crippen LogP contribution is -2.36. The fraction of sp³-hybridized carbons (Fsp3) is 0.300. The highest BCUT2D eigenvalue weighted by Gasteiger charge is 2.24. The summed E-state index contributed by atoms with van der Waals surface area (Å²) in [4.78, 5) is 19.5. The zero-order valence-corrected chi connectivity index (χ0v) is 19.8. The quantitative estimate of drug-likeness (QED) is 0.480. The number of nitrogens with zero attached hydrogens (tertiary/aromatic N) is 2. The molecule has 0 aromatic heterocycles. The minimum atomic E-state index is 0. The number of hydrogen-bond acceptors (Lipinski definition) is 6. The van der Waals surface area contributed by atoms with Crippen molar-refractivity contribution in [1.29, 1.82) is 0 Å². The third-order valence-electron chi connectivity index (χ3n) is 4.16. The number of Topliss-reactive ketones (excluding diaryl/α,β-unsaturated/α-hetero) is 1. The van der Waals surface area contributed by atoms with Crippen LogP contribution in [0.3, 0.4) is 0 Å². The highest BCUT2D eigenvalue weighted by Crippen LogP contribution is 2.35. The summed E-state index contributed by atoms with van der Waals surface area (Å²) in [6.45, 7) is 0.939. The maximum atomic E-state index is 12.9. The van der Waals surface area contributed by atoms with Crippen molar-refractivity contribution in [3.05, 3.63) is 52.5 Å². The Labute approximate surface area is 188 Å². The number of benzene rings is 2. The molecule has 2 aromatic carbocycles. The van der Waals surface area contributed by atoms with E-state index in [1.165, 1.54) is 0 Å². The maximum Gasteiger partial charge on any atom is 0.182 e. The molecule has 0 fully saturated rings. The number of anilines is 1. The molecule has 5 nitrogen and oxygen atoms in total. The Morgan fingerprint density at radius 2 is 1.93 bits per heavy atom. The second kappa shape index (κ2) is 10.9. The summed E-state index contributed by atoms with van der Waals surface area (Å²) in [7, 11) is 3.24. The van der Waals surface area contributed by atoms with Crippen LogP contribution in [0.4, 0.5) is 5.69 Å². The van der Waals surface area contributed by atoms with Gasteiger partial charge in [0.2, 0.25) is 0 Å². The number of halogens is 2. The number of aliphatic imine (C=N–C) groups is 1. The topological polar surface area (TPSA) is 51.1 Å². The van der Waals surface area contributed by atoms with Gasteiger partial charge in [0.15, 0.2) is 11.0 Å². The summed E-state index contributed by atoms with van der Waals surface area (Å²) in [6.07, 6.45) is 1.04. The fourth-order valence-electron chi connectivity index (χ4n) is 2.75. The second-order valence-corrected chi connectivity index (χ2v) is 7.90. The lowest BCUT2D eigenvalue weighted by Gasteiger charge is -2.28. The first-order valence-electron chi connectivity index (χ1n) is 8.58. The smallest absolute Gasteiger partial charge is 0.182 e. The number of carbonyl (C=O) groups is 1. The van der Waals surface area contributed by atoms with Gasteiger partial charge in [0.05, 0.1) is 26.5 Å². The molecule has 0 radical (unpaired) electrons. The van der Waals surface area contributed by atoms with Crippen molar-refractivity contribution in [2.24, 2.45) is 4.99 Å². The summed E-state index contributed by atoms with van der Waals surface area (Å²) in [5, 5.41) is 0.832. The molecule has 2 aromatic rings. The molecular weight excluding hydrogens is 508 g/mol. The molecule has 0 atom stereocenters. The minimum absolute atomic E-state index is 0. The lowest BCUT2D eigenvalue weighted by molar-refractivity contribution is 0.100. The SMILES string of the molecule is Br.COc1ccc(OC)c(N(CC(=O)c2ccc(Br)cc2)C2=NCCCS2)c1. The van der Waals surface area contributed by atoms with Gasteiger partial charge >= 0.3 is 0 Å². The number of hydrogen-bond donors (Lipinski definition) is 0. The zero-order valence-electron chi connectivity index (χ0n) is 15.7. The highest BCUT2D eigenvalue weighted by molar-refractivity contribution is 9.10. The van der Waals surface area contributed by atoms with Crippen LogP contribution in [0.25, 0.3) is 0 Å². The molecule has 0 bridgehead atoms. The zero-order chi connectivity index (χ0) is 19.2. The van der Waals surface area contributed by atoms with Gasteiger partial charge in [0, 0.05) is 28.4 Å². The summed E-state index contributed by atoms with van der Waals surface area (Å²) < 4.78 is 11.9. The average Bonchev–Trinajstić information content (AvgIpc) is 2.72. The van der Waals surface area contributed by atoms with Gasteiger partial charge in [-0.15, -0.1) is 17.0 Å². The van der Waals surface area contributed by atoms with E-state index in [0.29, 0.717) is 17.1 Å². The predicted octanol–water partition coefficient (Wildman–Crippen LogP) is 5.23. The highest BCUT2D eigenvalue weighted by atomic mass is 79.9. The molecule has 8 heteroatoms. The van der Waals surface area contributed by atoms with Gasteiger partial charge in [-0.25, -0.2) is 0 Å². The van der Waals surface area contributed by atoms with Crippen molar-refractivity contribution in [2.45, 2.75) is 6.42 Å². The van der Waals surface area contributed by atoms with E-state index in [1.807, 2.05) is 47.4 Å². The van der Waals surface area contributed by atoms with Crippen molar-refractivity contribution in [2.75, 3.05) is 38.0 Å². The van der Waals surface area contributed by atoms with Crippen LogP contribution in [-0.2, 0) is 0 Å². The molecule has 1 heterocycles. The molecule has 0 saturated carbocycles. The Hall–Kier alpha value is -1.51. The van der Waals surface area contributed by atoms with Crippen LogP contribution in [0, 0.1) is 0 Å². The molecule has 0 saturated heterocycles. The van der Waals surface area contributed by atoms with E-state index in [1.54, 1.807) is 26.0 Å². The van der Waals surface area contributed by atoms with Crippen molar-refractivity contribution in [3.63, 3.8) is 0 Å². The number of thioether (sulfide) groups is 1. The molecule has 0 aliphatic carbocycles. The molecule has 0 spiro atoms. The van der Waals surface area contributed by atoms with Crippen LogP contribution in [0.1, 0.15) is 16.8 Å². The van der Waals surface area contributed by atoms with Gasteiger partial charge in [-0.2, -0.15) is 0 Å². The molecule has 3 rings (SSSR count). The normalized spacial score (nSPS) is 13.2. The molecule has 0 amide bonds. The number of carbonyl (C=O) groups excluding carboxylic acids is 1. The standard InChI is InChI=1S/C20H21BrN2O3S.BrH/c1-25-16-8-9-19(26-2)17(12-16)23(20-22-10-3-11-27-20)13-18(24)14-4-6-15(21)7-5-14;/h4-9,12H,3,10-11,13H2,1-2H3;1H. The molecule has 150 valence electrons. The van der Waals surface area contributed by atoms with Crippen molar-refractivity contribution < 1.29 is 14.3 Å². The van der Waals surface area contributed by atoms with Crippen LogP contribution < -0.4 is 14.4 Å². The van der Waals surface area contributed by atoms with E-state index in [-0.39, 0.29) is 29.3 Å². The van der Waals surface area contributed by atoms with Gasteiger partial charge in [0.25, 0.3) is 0 Å². The van der Waals surface area contributed by atoms with E-state index in [0.717, 1.165) is 34.0 Å². The minimum Gasteiger partial charge on any atom is -0.497 e.